The summed E-state index contributed by atoms with van der Waals surface area (Å²) >= 11 is 0. The Kier molecular flexibility index (Phi) is 5.03. The summed E-state index contributed by atoms with van der Waals surface area (Å²) in [5.41, 5.74) is 1.43. The van der Waals surface area contributed by atoms with Crippen molar-refractivity contribution in [2.45, 2.75) is 6.42 Å². The van der Waals surface area contributed by atoms with E-state index in [1.165, 1.54) is 0 Å². The maximum absolute atomic E-state index is 12.0. The summed E-state index contributed by atoms with van der Waals surface area (Å²) in [7, 11) is 1.59. The molecule has 0 unspecified atom stereocenters. The van der Waals surface area contributed by atoms with E-state index in [0.717, 1.165) is 11.3 Å². The zero-order valence-corrected chi connectivity index (χ0v) is 13.7. The van der Waals surface area contributed by atoms with Crippen LogP contribution >= 0.6 is 0 Å². The first-order chi connectivity index (χ1) is 12.2. The van der Waals surface area contributed by atoms with Gasteiger partial charge >= 0.3 is 11.8 Å². The van der Waals surface area contributed by atoms with Crippen LogP contribution in [0.2, 0.25) is 0 Å². The summed E-state index contributed by atoms with van der Waals surface area (Å²) in [6, 6.07) is 12.5. The number of ether oxygens (including phenoxy) is 3. The first-order valence-corrected chi connectivity index (χ1v) is 7.78. The van der Waals surface area contributed by atoms with Crippen molar-refractivity contribution in [3.05, 3.63) is 48.0 Å². The molecule has 2 N–H and O–H groups in total. The second-order valence-electron chi connectivity index (χ2n) is 5.34. The molecule has 0 spiro atoms. The zero-order chi connectivity index (χ0) is 17.6. The molecule has 7 nitrogen and oxygen atoms in total. The molecule has 3 rings (SSSR count). The highest BCUT2D eigenvalue weighted by molar-refractivity contribution is 6.39. The first kappa shape index (κ1) is 16.6. The Morgan fingerprint density at radius 1 is 1.08 bits per heavy atom. The average molecular weight is 342 g/mol. The van der Waals surface area contributed by atoms with Crippen LogP contribution in [0.4, 0.5) is 5.69 Å². The van der Waals surface area contributed by atoms with Crippen LogP contribution in [0, 0.1) is 0 Å². The molecule has 2 aromatic carbocycles. The fourth-order valence-corrected chi connectivity index (χ4v) is 2.46. The van der Waals surface area contributed by atoms with Crippen LogP contribution < -0.4 is 24.8 Å². The van der Waals surface area contributed by atoms with E-state index in [4.69, 9.17) is 14.2 Å². The van der Waals surface area contributed by atoms with Gasteiger partial charge in [-0.2, -0.15) is 0 Å². The topological polar surface area (TPSA) is 85.9 Å². The third-order valence-corrected chi connectivity index (χ3v) is 3.71. The third kappa shape index (κ3) is 4.00. The number of fused-ring (bicyclic) bond motifs is 1. The maximum Gasteiger partial charge on any atom is 0.313 e. The van der Waals surface area contributed by atoms with Crippen molar-refractivity contribution in [2.24, 2.45) is 0 Å². The molecule has 0 bridgehead atoms. The average Bonchev–Trinajstić information content (AvgIpc) is 3.09. The zero-order valence-electron chi connectivity index (χ0n) is 13.7. The van der Waals surface area contributed by atoms with E-state index >= 15 is 0 Å². The van der Waals surface area contributed by atoms with Crippen LogP contribution in [0.3, 0.4) is 0 Å². The normalized spacial score (nSPS) is 11.7. The summed E-state index contributed by atoms with van der Waals surface area (Å²) in [6.45, 7) is 0.476. The van der Waals surface area contributed by atoms with Crippen molar-refractivity contribution in [1.29, 1.82) is 0 Å². The number of benzene rings is 2. The molecule has 0 fully saturated rings. The van der Waals surface area contributed by atoms with E-state index in [0.29, 0.717) is 30.2 Å². The maximum atomic E-state index is 12.0. The van der Waals surface area contributed by atoms with Crippen LogP contribution in [0.25, 0.3) is 0 Å². The Labute approximate surface area is 144 Å². The molecule has 1 aliphatic heterocycles. The van der Waals surface area contributed by atoms with Crippen LogP contribution in [-0.2, 0) is 16.0 Å². The van der Waals surface area contributed by atoms with Gasteiger partial charge < -0.3 is 24.8 Å². The second kappa shape index (κ2) is 7.57. The lowest BCUT2D eigenvalue weighted by atomic mass is 10.1. The van der Waals surface area contributed by atoms with Crippen molar-refractivity contribution >= 4 is 17.5 Å². The van der Waals surface area contributed by atoms with Gasteiger partial charge in [0.05, 0.1) is 7.11 Å². The largest absolute Gasteiger partial charge is 0.496 e. The summed E-state index contributed by atoms with van der Waals surface area (Å²) in [4.78, 5) is 23.9. The molecule has 0 atom stereocenters. The Bertz CT molecular complexity index is 791. The second-order valence-corrected chi connectivity index (χ2v) is 5.34. The van der Waals surface area contributed by atoms with Crippen LogP contribution in [0.1, 0.15) is 5.56 Å². The van der Waals surface area contributed by atoms with Gasteiger partial charge in [-0.05, 0) is 30.2 Å². The molecule has 1 heterocycles. The van der Waals surface area contributed by atoms with Gasteiger partial charge in [0.1, 0.15) is 5.75 Å². The summed E-state index contributed by atoms with van der Waals surface area (Å²) in [5.74, 6) is 0.460. The smallest absolute Gasteiger partial charge is 0.313 e. The van der Waals surface area contributed by atoms with E-state index in [2.05, 4.69) is 10.6 Å². The minimum Gasteiger partial charge on any atom is -0.496 e. The van der Waals surface area contributed by atoms with Gasteiger partial charge in [-0.1, -0.05) is 18.2 Å². The first-order valence-electron chi connectivity index (χ1n) is 7.78. The molecule has 25 heavy (non-hydrogen) atoms. The minimum atomic E-state index is -0.737. The van der Waals surface area contributed by atoms with E-state index in [1.807, 2.05) is 24.3 Å². The van der Waals surface area contributed by atoms with Gasteiger partial charge in [-0.3, -0.25) is 9.59 Å². The van der Waals surface area contributed by atoms with Crippen molar-refractivity contribution < 1.29 is 23.8 Å². The molecule has 7 heteroatoms. The van der Waals surface area contributed by atoms with E-state index in [1.54, 1.807) is 25.3 Å². The SMILES string of the molecule is COc1ccccc1CCNC(=O)C(=O)Nc1ccc2c(c1)OCO2. The minimum absolute atomic E-state index is 0.149. The molecule has 0 saturated carbocycles. The summed E-state index contributed by atoms with van der Waals surface area (Å²) < 4.78 is 15.7. The quantitative estimate of drug-likeness (QED) is 0.808. The van der Waals surface area contributed by atoms with E-state index in [9.17, 15) is 9.59 Å². The van der Waals surface area contributed by atoms with E-state index in [-0.39, 0.29) is 6.79 Å². The lowest BCUT2D eigenvalue weighted by molar-refractivity contribution is -0.136. The van der Waals surface area contributed by atoms with Gasteiger partial charge in [0.15, 0.2) is 11.5 Å². The number of methoxy groups -OCH3 is 1. The number of carbonyl (C=O) groups is 2. The molecular formula is C18H18N2O5. The molecule has 2 amide bonds. The van der Waals surface area contributed by atoms with E-state index < -0.39 is 11.8 Å². The van der Waals surface area contributed by atoms with Crippen molar-refractivity contribution in [3.8, 4) is 17.2 Å². The Morgan fingerprint density at radius 3 is 2.72 bits per heavy atom. The number of carbonyl (C=O) groups excluding carboxylic acids is 2. The number of hydrogen-bond acceptors (Lipinski definition) is 5. The molecular weight excluding hydrogens is 324 g/mol. The van der Waals surface area contributed by atoms with Gasteiger partial charge in [0.2, 0.25) is 6.79 Å². The monoisotopic (exact) mass is 342 g/mol. The number of rotatable bonds is 5. The Hall–Kier alpha value is -3.22. The Balaban J connectivity index is 1.50. The lowest BCUT2D eigenvalue weighted by Gasteiger charge is -2.09. The number of para-hydroxylation sites is 1. The van der Waals surface area contributed by atoms with Crippen molar-refractivity contribution in [1.82, 2.24) is 5.32 Å². The number of anilines is 1. The molecule has 0 radical (unpaired) electrons. The highest BCUT2D eigenvalue weighted by Gasteiger charge is 2.17. The van der Waals surface area contributed by atoms with Crippen LogP contribution in [-0.4, -0.2) is 32.3 Å². The molecule has 0 aliphatic carbocycles. The summed E-state index contributed by atoms with van der Waals surface area (Å²) in [5, 5.41) is 5.12. The van der Waals surface area contributed by atoms with Gasteiger partial charge in [-0.25, -0.2) is 0 Å². The Morgan fingerprint density at radius 2 is 1.88 bits per heavy atom. The van der Waals surface area contributed by atoms with Crippen LogP contribution in [0.5, 0.6) is 17.2 Å². The standard InChI is InChI=1S/C18H18N2O5/c1-23-14-5-3-2-4-12(14)8-9-19-17(21)18(22)20-13-6-7-15-16(10-13)25-11-24-15/h2-7,10H,8-9,11H2,1H3,(H,19,21)(H,20,22). The highest BCUT2D eigenvalue weighted by atomic mass is 16.7. The predicted molar refractivity (Wildman–Crippen MR) is 90.9 cm³/mol. The molecule has 1 aliphatic rings. The summed E-state index contributed by atoms with van der Waals surface area (Å²) in [6.07, 6.45) is 0.563. The van der Waals surface area contributed by atoms with Gasteiger partial charge in [0, 0.05) is 18.3 Å². The molecule has 2 aromatic rings. The molecule has 130 valence electrons. The number of amides is 2. The molecule has 0 aromatic heterocycles. The predicted octanol–water partition coefficient (Wildman–Crippen LogP) is 1.72. The number of nitrogens with one attached hydrogen (secondary N) is 2. The fraction of sp³-hybridized carbons (Fsp3) is 0.222. The highest BCUT2D eigenvalue weighted by Crippen LogP contribution is 2.34. The fourth-order valence-electron chi connectivity index (χ4n) is 2.46. The molecule has 0 saturated heterocycles. The lowest BCUT2D eigenvalue weighted by Crippen LogP contribution is -2.36. The van der Waals surface area contributed by atoms with Crippen LogP contribution in [0.15, 0.2) is 42.5 Å². The number of hydrogen-bond donors (Lipinski definition) is 2. The third-order valence-electron chi connectivity index (χ3n) is 3.71. The van der Waals surface area contributed by atoms with Gasteiger partial charge in [-0.15, -0.1) is 0 Å². The van der Waals surface area contributed by atoms with Crippen molar-refractivity contribution in [2.75, 3.05) is 25.8 Å². The van der Waals surface area contributed by atoms with Gasteiger partial charge in [0.25, 0.3) is 0 Å². The van der Waals surface area contributed by atoms with Crippen molar-refractivity contribution in [3.63, 3.8) is 0 Å².